The first-order chi connectivity index (χ1) is 14.9. The van der Waals surface area contributed by atoms with Crippen LogP contribution >= 0.6 is 0 Å². The number of para-hydroxylation sites is 1. The number of rotatable bonds is 4. The number of amides is 1. The van der Waals surface area contributed by atoms with Crippen molar-refractivity contribution in [3.05, 3.63) is 90.0 Å². The summed E-state index contributed by atoms with van der Waals surface area (Å²) in [4.78, 5) is 18.2. The van der Waals surface area contributed by atoms with Gasteiger partial charge in [0.25, 0.3) is 5.91 Å². The molecule has 0 spiro atoms. The molecule has 0 aliphatic carbocycles. The molecule has 31 heavy (non-hydrogen) atoms. The summed E-state index contributed by atoms with van der Waals surface area (Å²) in [7, 11) is 1.61. The third-order valence-corrected chi connectivity index (χ3v) is 5.34. The van der Waals surface area contributed by atoms with Crippen molar-refractivity contribution in [3.63, 3.8) is 0 Å². The van der Waals surface area contributed by atoms with Gasteiger partial charge in [0.1, 0.15) is 5.75 Å². The molecule has 4 rings (SSSR count). The molecule has 0 radical (unpaired) electrons. The highest BCUT2D eigenvalue weighted by molar-refractivity contribution is 6.13. The van der Waals surface area contributed by atoms with E-state index in [4.69, 9.17) is 9.72 Å². The van der Waals surface area contributed by atoms with E-state index in [0.717, 1.165) is 27.7 Å². The van der Waals surface area contributed by atoms with Gasteiger partial charge in [0.2, 0.25) is 0 Å². The molecule has 1 aromatic heterocycles. The van der Waals surface area contributed by atoms with Crippen molar-refractivity contribution in [2.45, 2.75) is 26.2 Å². The van der Waals surface area contributed by atoms with Crippen LogP contribution in [-0.2, 0) is 5.41 Å². The normalized spacial score (nSPS) is 11.4. The number of hydrogen-bond acceptors (Lipinski definition) is 3. The molecule has 4 aromatic rings. The highest BCUT2D eigenvalue weighted by Crippen LogP contribution is 2.32. The van der Waals surface area contributed by atoms with E-state index in [9.17, 15) is 4.79 Å². The zero-order chi connectivity index (χ0) is 22.0. The van der Waals surface area contributed by atoms with E-state index < -0.39 is 0 Å². The summed E-state index contributed by atoms with van der Waals surface area (Å²) in [5, 5.41) is 3.88. The maximum absolute atomic E-state index is 13.4. The fraction of sp³-hybridized carbons (Fsp3) is 0.185. The van der Waals surface area contributed by atoms with Gasteiger partial charge in [0, 0.05) is 10.9 Å². The lowest BCUT2D eigenvalue weighted by atomic mass is 9.87. The van der Waals surface area contributed by atoms with Gasteiger partial charge in [-0.3, -0.25) is 4.79 Å². The first-order valence-corrected chi connectivity index (χ1v) is 10.3. The summed E-state index contributed by atoms with van der Waals surface area (Å²) >= 11 is 0. The topological polar surface area (TPSA) is 51.2 Å². The Morgan fingerprint density at radius 1 is 0.903 bits per heavy atom. The number of hydrogen-bond donors (Lipinski definition) is 1. The van der Waals surface area contributed by atoms with Gasteiger partial charge in [0.05, 0.1) is 29.6 Å². The molecule has 4 nitrogen and oxygen atoms in total. The van der Waals surface area contributed by atoms with Crippen LogP contribution in [0.25, 0.3) is 22.2 Å². The Kier molecular flexibility index (Phi) is 5.47. The van der Waals surface area contributed by atoms with Crippen molar-refractivity contribution in [3.8, 4) is 17.0 Å². The molecule has 0 bridgehead atoms. The molecule has 3 aromatic carbocycles. The predicted octanol–water partition coefficient (Wildman–Crippen LogP) is 6.46. The van der Waals surface area contributed by atoms with E-state index in [1.807, 2.05) is 78.9 Å². The molecule has 4 heteroatoms. The number of fused-ring (bicyclic) bond motifs is 1. The number of methoxy groups -OCH3 is 1. The summed E-state index contributed by atoms with van der Waals surface area (Å²) in [5.41, 5.74) is 4.82. The fourth-order valence-electron chi connectivity index (χ4n) is 3.58. The van der Waals surface area contributed by atoms with Gasteiger partial charge in [-0.1, -0.05) is 75.4 Å². The van der Waals surface area contributed by atoms with Gasteiger partial charge in [-0.15, -0.1) is 0 Å². The number of nitrogens with one attached hydrogen (secondary N) is 1. The summed E-state index contributed by atoms with van der Waals surface area (Å²) in [6, 6.07) is 25.4. The highest BCUT2D eigenvalue weighted by Gasteiger charge is 2.19. The molecule has 1 amide bonds. The summed E-state index contributed by atoms with van der Waals surface area (Å²) < 4.78 is 5.50. The fourth-order valence-corrected chi connectivity index (χ4v) is 3.58. The van der Waals surface area contributed by atoms with Crippen molar-refractivity contribution < 1.29 is 9.53 Å². The maximum atomic E-state index is 13.4. The Bertz CT molecular complexity index is 1240. The number of carbonyl (C=O) groups is 1. The molecule has 0 saturated carbocycles. The van der Waals surface area contributed by atoms with E-state index in [0.29, 0.717) is 17.0 Å². The Hall–Kier alpha value is -3.66. The van der Waals surface area contributed by atoms with Gasteiger partial charge in [-0.25, -0.2) is 4.98 Å². The first kappa shape index (κ1) is 20.6. The lowest BCUT2D eigenvalue weighted by Gasteiger charge is -2.21. The quantitative estimate of drug-likeness (QED) is 0.420. The SMILES string of the molecule is COc1ccc(C(C)(C)C)cc1NC(=O)c1cc(-c2ccccc2)nc2ccccc12. The second kappa shape index (κ2) is 8.23. The Morgan fingerprint density at radius 2 is 1.61 bits per heavy atom. The molecule has 0 saturated heterocycles. The van der Waals surface area contributed by atoms with E-state index in [-0.39, 0.29) is 11.3 Å². The van der Waals surface area contributed by atoms with Crippen molar-refractivity contribution in [2.24, 2.45) is 0 Å². The number of ether oxygens (including phenoxy) is 1. The van der Waals surface area contributed by atoms with Crippen LogP contribution in [0.15, 0.2) is 78.9 Å². The number of pyridine rings is 1. The third-order valence-electron chi connectivity index (χ3n) is 5.34. The van der Waals surface area contributed by atoms with Crippen molar-refractivity contribution in [1.29, 1.82) is 0 Å². The van der Waals surface area contributed by atoms with E-state index in [2.05, 4.69) is 26.1 Å². The smallest absolute Gasteiger partial charge is 0.256 e. The Balaban J connectivity index is 1.80. The Morgan fingerprint density at radius 3 is 2.32 bits per heavy atom. The van der Waals surface area contributed by atoms with Gasteiger partial charge >= 0.3 is 0 Å². The van der Waals surface area contributed by atoms with Crippen LogP contribution in [-0.4, -0.2) is 18.0 Å². The minimum atomic E-state index is -0.194. The lowest BCUT2D eigenvalue weighted by Crippen LogP contribution is -2.16. The van der Waals surface area contributed by atoms with E-state index >= 15 is 0 Å². The number of aromatic nitrogens is 1. The number of anilines is 1. The third kappa shape index (κ3) is 4.29. The molecule has 156 valence electrons. The molecule has 0 atom stereocenters. The van der Waals surface area contributed by atoms with Crippen LogP contribution in [0.5, 0.6) is 5.75 Å². The Labute approximate surface area is 182 Å². The van der Waals surface area contributed by atoms with Crippen LogP contribution in [0.2, 0.25) is 0 Å². The van der Waals surface area contributed by atoms with Crippen molar-refractivity contribution in [1.82, 2.24) is 4.98 Å². The minimum absolute atomic E-state index is 0.0460. The molecular formula is C27H26N2O2. The summed E-state index contributed by atoms with van der Waals surface area (Å²) in [5.74, 6) is 0.433. The zero-order valence-corrected chi connectivity index (χ0v) is 18.3. The van der Waals surface area contributed by atoms with Crippen molar-refractivity contribution in [2.75, 3.05) is 12.4 Å². The average Bonchev–Trinajstić information content (AvgIpc) is 2.78. The molecule has 0 aliphatic rings. The molecule has 0 unspecified atom stereocenters. The van der Waals surface area contributed by atoms with Gasteiger partial charge in [-0.05, 0) is 35.2 Å². The second-order valence-corrected chi connectivity index (χ2v) is 8.56. The van der Waals surface area contributed by atoms with Gasteiger partial charge in [0.15, 0.2) is 0 Å². The van der Waals surface area contributed by atoms with Crippen LogP contribution in [0.3, 0.4) is 0 Å². The summed E-state index contributed by atoms with van der Waals surface area (Å²) in [6.07, 6.45) is 0. The molecule has 1 heterocycles. The van der Waals surface area contributed by atoms with Crippen LogP contribution in [0.4, 0.5) is 5.69 Å². The zero-order valence-electron chi connectivity index (χ0n) is 18.3. The van der Waals surface area contributed by atoms with Crippen LogP contribution in [0, 0.1) is 0 Å². The minimum Gasteiger partial charge on any atom is -0.495 e. The number of benzene rings is 3. The summed E-state index contributed by atoms with van der Waals surface area (Å²) in [6.45, 7) is 6.43. The van der Waals surface area contributed by atoms with Crippen molar-refractivity contribution >= 4 is 22.5 Å². The maximum Gasteiger partial charge on any atom is 0.256 e. The van der Waals surface area contributed by atoms with E-state index in [1.165, 1.54) is 0 Å². The van der Waals surface area contributed by atoms with Crippen LogP contribution < -0.4 is 10.1 Å². The monoisotopic (exact) mass is 410 g/mol. The number of nitrogens with zero attached hydrogens (tertiary/aromatic N) is 1. The average molecular weight is 411 g/mol. The van der Waals surface area contributed by atoms with Gasteiger partial charge < -0.3 is 10.1 Å². The number of carbonyl (C=O) groups excluding carboxylic acids is 1. The predicted molar refractivity (Wildman–Crippen MR) is 127 cm³/mol. The first-order valence-electron chi connectivity index (χ1n) is 10.3. The van der Waals surface area contributed by atoms with Crippen LogP contribution in [0.1, 0.15) is 36.7 Å². The largest absolute Gasteiger partial charge is 0.495 e. The lowest BCUT2D eigenvalue weighted by molar-refractivity contribution is 0.102. The molecule has 0 aliphatic heterocycles. The second-order valence-electron chi connectivity index (χ2n) is 8.56. The van der Waals surface area contributed by atoms with E-state index in [1.54, 1.807) is 7.11 Å². The molecular weight excluding hydrogens is 384 g/mol. The highest BCUT2D eigenvalue weighted by atomic mass is 16.5. The molecule has 1 N–H and O–H groups in total. The molecule has 0 fully saturated rings. The standard InChI is InChI=1S/C27H26N2O2/c1-27(2,3)19-14-15-25(31-4)24(16-19)29-26(30)21-17-23(18-10-6-5-7-11-18)28-22-13-9-8-12-20(21)22/h5-17H,1-4H3,(H,29,30). The van der Waals surface area contributed by atoms with Gasteiger partial charge in [-0.2, -0.15) is 0 Å².